The summed E-state index contributed by atoms with van der Waals surface area (Å²) >= 11 is 0. The predicted octanol–water partition coefficient (Wildman–Crippen LogP) is -0.203. The van der Waals surface area contributed by atoms with Gasteiger partial charge in [0.1, 0.15) is 6.54 Å². The molecule has 7 heteroatoms. The minimum absolute atomic E-state index is 0. The summed E-state index contributed by atoms with van der Waals surface area (Å²) in [5.74, 6) is 0.160. The van der Waals surface area contributed by atoms with E-state index in [1.54, 1.807) is 17.1 Å². The molecule has 1 aromatic heterocycles. The number of aromatic nitrogens is 2. The van der Waals surface area contributed by atoms with Gasteiger partial charge in [0.25, 0.3) is 0 Å². The zero-order valence-corrected chi connectivity index (χ0v) is 14.7. The van der Waals surface area contributed by atoms with Crippen molar-refractivity contribution in [3.05, 3.63) is 18.7 Å². The van der Waals surface area contributed by atoms with Crippen LogP contribution in [0.15, 0.2) is 18.7 Å². The van der Waals surface area contributed by atoms with Gasteiger partial charge in [-0.1, -0.05) is 0 Å². The number of aliphatic hydroxyl groups excluding tert-OH is 1. The van der Waals surface area contributed by atoms with E-state index in [1.165, 1.54) is 0 Å². The van der Waals surface area contributed by atoms with Crippen LogP contribution in [0.5, 0.6) is 0 Å². The van der Waals surface area contributed by atoms with Gasteiger partial charge in [-0.3, -0.25) is 9.69 Å². The number of hydrogen-bond acceptors (Lipinski definition) is 4. The molecule has 1 aromatic rings. The molecule has 109 valence electrons. The van der Waals surface area contributed by atoms with Crippen LogP contribution in [0.2, 0.25) is 0 Å². The molecule has 0 atom stereocenters. The molecule has 1 aliphatic heterocycles. The summed E-state index contributed by atoms with van der Waals surface area (Å²) in [6, 6.07) is 0. The van der Waals surface area contributed by atoms with Crippen molar-refractivity contribution in [3.63, 3.8) is 0 Å². The first-order valence-corrected chi connectivity index (χ1v) is 6.86. The summed E-state index contributed by atoms with van der Waals surface area (Å²) in [6.45, 7) is 5.12. The number of rotatable bonds is 6. The smallest absolute Gasteiger partial charge is 0.242 e. The number of imidazole rings is 1. The molecule has 1 saturated heterocycles. The predicted molar refractivity (Wildman–Crippen MR) is 71.6 cm³/mol. The van der Waals surface area contributed by atoms with E-state index in [4.69, 9.17) is 5.11 Å². The number of piperazine rings is 1. The first-order chi connectivity index (χ1) is 9.29. The summed E-state index contributed by atoms with van der Waals surface area (Å²) in [5.41, 5.74) is 0. The van der Waals surface area contributed by atoms with Gasteiger partial charge in [0.05, 0.1) is 6.33 Å². The van der Waals surface area contributed by atoms with Crippen molar-refractivity contribution >= 4 is 5.91 Å². The third-order valence-electron chi connectivity index (χ3n) is 3.48. The summed E-state index contributed by atoms with van der Waals surface area (Å²) < 4.78 is 1.80. The monoisotopic (exact) mass is 355 g/mol. The number of aliphatic hydroxyl groups is 1. The SMILES string of the molecule is O=C(Cn1ccnc1)N1CCN(CCCCO)CC1.[Y]. The standard InChI is InChI=1S/C13H22N4O2.Y/c18-10-2-1-4-15-6-8-17(9-7-15)13(19)11-16-5-3-14-12-16;/h3,5,12,18H,1-2,4,6-11H2;. The van der Waals surface area contributed by atoms with E-state index >= 15 is 0 Å². The number of carbonyl (C=O) groups is 1. The molecule has 1 radical (unpaired) electrons. The second kappa shape index (κ2) is 9.61. The molecular weight excluding hydrogens is 333 g/mol. The molecule has 1 N–H and O–H groups in total. The molecule has 0 spiro atoms. The van der Waals surface area contributed by atoms with Crippen molar-refractivity contribution in [1.82, 2.24) is 19.4 Å². The summed E-state index contributed by atoms with van der Waals surface area (Å²) in [7, 11) is 0. The Bertz CT molecular complexity index is 378. The van der Waals surface area contributed by atoms with Gasteiger partial charge in [0.15, 0.2) is 0 Å². The van der Waals surface area contributed by atoms with Gasteiger partial charge >= 0.3 is 0 Å². The van der Waals surface area contributed by atoms with E-state index < -0.39 is 0 Å². The fraction of sp³-hybridized carbons (Fsp3) is 0.692. The number of nitrogens with zero attached hydrogens (tertiary/aromatic N) is 4. The summed E-state index contributed by atoms with van der Waals surface area (Å²) in [6.07, 6.45) is 7.05. The van der Waals surface area contributed by atoms with Crippen LogP contribution in [0.1, 0.15) is 12.8 Å². The van der Waals surface area contributed by atoms with E-state index in [2.05, 4.69) is 9.88 Å². The van der Waals surface area contributed by atoms with Crippen molar-refractivity contribution < 1.29 is 42.6 Å². The average molecular weight is 355 g/mol. The molecule has 1 amide bonds. The fourth-order valence-corrected chi connectivity index (χ4v) is 2.30. The Labute approximate surface area is 145 Å². The van der Waals surface area contributed by atoms with Crippen molar-refractivity contribution in [1.29, 1.82) is 0 Å². The molecule has 0 aliphatic carbocycles. The van der Waals surface area contributed by atoms with Gasteiger partial charge in [-0.2, -0.15) is 0 Å². The quantitative estimate of drug-likeness (QED) is 0.718. The van der Waals surface area contributed by atoms with E-state index in [0.717, 1.165) is 45.6 Å². The Morgan fingerprint density at radius 1 is 1.20 bits per heavy atom. The van der Waals surface area contributed by atoms with Crippen LogP contribution >= 0.6 is 0 Å². The number of unbranched alkanes of at least 4 members (excludes halogenated alkanes) is 1. The fourth-order valence-electron chi connectivity index (χ4n) is 2.30. The Morgan fingerprint density at radius 3 is 2.55 bits per heavy atom. The topological polar surface area (TPSA) is 61.6 Å². The van der Waals surface area contributed by atoms with Gasteiger partial charge in [0.2, 0.25) is 5.91 Å². The molecular formula is C13H22N4O2Y. The third-order valence-corrected chi connectivity index (χ3v) is 3.48. The first kappa shape index (κ1) is 17.8. The second-order valence-electron chi connectivity index (χ2n) is 4.89. The van der Waals surface area contributed by atoms with Crippen molar-refractivity contribution in [2.75, 3.05) is 39.3 Å². The van der Waals surface area contributed by atoms with Gasteiger partial charge in [-0.15, -0.1) is 0 Å². The van der Waals surface area contributed by atoms with E-state index in [9.17, 15) is 4.79 Å². The summed E-state index contributed by atoms with van der Waals surface area (Å²) in [4.78, 5) is 20.3. The average Bonchev–Trinajstić information content (AvgIpc) is 2.93. The van der Waals surface area contributed by atoms with Crippen LogP contribution in [0.25, 0.3) is 0 Å². The number of hydrogen-bond donors (Lipinski definition) is 1. The van der Waals surface area contributed by atoms with E-state index in [0.29, 0.717) is 6.54 Å². The first-order valence-electron chi connectivity index (χ1n) is 6.86. The summed E-state index contributed by atoms with van der Waals surface area (Å²) in [5, 5.41) is 8.75. The third kappa shape index (κ3) is 5.60. The molecule has 0 bridgehead atoms. The largest absolute Gasteiger partial charge is 0.396 e. The minimum atomic E-state index is 0. The Morgan fingerprint density at radius 2 is 1.95 bits per heavy atom. The zero-order valence-electron chi connectivity index (χ0n) is 11.8. The maximum Gasteiger partial charge on any atom is 0.242 e. The maximum absolute atomic E-state index is 12.1. The molecule has 6 nitrogen and oxygen atoms in total. The van der Waals surface area contributed by atoms with Crippen molar-refractivity contribution in [2.24, 2.45) is 0 Å². The molecule has 1 fully saturated rings. The number of carbonyl (C=O) groups excluding carboxylic acids is 1. The Hall–Kier alpha value is -0.296. The van der Waals surface area contributed by atoms with Gasteiger partial charge < -0.3 is 14.6 Å². The van der Waals surface area contributed by atoms with Crippen LogP contribution in [0.4, 0.5) is 0 Å². The van der Waals surface area contributed by atoms with Gasteiger partial charge in [-0.05, 0) is 19.4 Å². The number of amides is 1. The Kier molecular flexibility index (Phi) is 8.53. The molecule has 2 heterocycles. The van der Waals surface area contributed by atoms with Gasteiger partial charge in [-0.25, -0.2) is 4.98 Å². The normalized spacial score (nSPS) is 15.9. The van der Waals surface area contributed by atoms with Crippen molar-refractivity contribution in [2.45, 2.75) is 19.4 Å². The van der Waals surface area contributed by atoms with Gasteiger partial charge in [0, 0.05) is 77.9 Å². The molecule has 2 rings (SSSR count). The van der Waals surface area contributed by atoms with Crippen LogP contribution in [-0.4, -0.2) is 69.7 Å². The molecule has 0 saturated carbocycles. The molecule has 0 aromatic carbocycles. The van der Waals surface area contributed by atoms with Crippen LogP contribution < -0.4 is 0 Å². The molecule has 1 aliphatic rings. The van der Waals surface area contributed by atoms with Crippen LogP contribution in [-0.2, 0) is 44.0 Å². The van der Waals surface area contributed by atoms with E-state index in [1.807, 2.05) is 11.1 Å². The minimum Gasteiger partial charge on any atom is -0.396 e. The maximum atomic E-state index is 12.1. The van der Waals surface area contributed by atoms with E-state index in [-0.39, 0.29) is 45.2 Å². The second-order valence-corrected chi connectivity index (χ2v) is 4.89. The molecule has 20 heavy (non-hydrogen) atoms. The Balaban J connectivity index is 0.00000200. The van der Waals surface area contributed by atoms with Crippen LogP contribution in [0, 0.1) is 0 Å². The van der Waals surface area contributed by atoms with Crippen molar-refractivity contribution in [3.8, 4) is 0 Å². The molecule has 0 unspecified atom stereocenters. The van der Waals surface area contributed by atoms with Crippen LogP contribution in [0.3, 0.4) is 0 Å². The zero-order chi connectivity index (χ0) is 13.5.